The number of aryl methyl sites for hydroxylation is 1. The highest BCUT2D eigenvalue weighted by Crippen LogP contribution is 2.24. The molecule has 0 N–H and O–H groups in total. The number of hydrogen-bond donors (Lipinski definition) is 0. The monoisotopic (exact) mass is 278 g/mol. The first-order valence-corrected chi connectivity index (χ1v) is 7.21. The summed E-state index contributed by atoms with van der Waals surface area (Å²) in [5.74, 6) is 0.158. The number of piperidine rings is 1. The molecule has 2 aliphatic heterocycles. The van der Waals surface area contributed by atoms with Gasteiger partial charge in [0.25, 0.3) is 0 Å². The molecule has 1 aromatic heterocycles. The van der Waals surface area contributed by atoms with Crippen LogP contribution in [0.1, 0.15) is 19.0 Å². The highest BCUT2D eigenvalue weighted by molar-refractivity contribution is 5.73. The van der Waals surface area contributed by atoms with Gasteiger partial charge in [0.1, 0.15) is 0 Å². The molecule has 0 saturated carbocycles. The van der Waals surface area contributed by atoms with Crippen LogP contribution in [0.3, 0.4) is 0 Å². The fourth-order valence-corrected chi connectivity index (χ4v) is 3.24. The Hall–Kier alpha value is -1.40. The molecule has 2 saturated heterocycles. The van der Waals surface area contributed by atoms with E-state index in [0.717, 1.165) is 32.6 Å². The molecule has 0 radical (unpaired) electrons. The molecule has 20 heavy (non-hydrogen) atoms. The predicted octanol–water partition coefficient (Wildman–Crippen LogP) is 0.242. The van der Waals surface area contributed by atoms with Crippen molar-refractivity contribution in [1.29, 1.82) is 0 Å². The molecule has 0 aliphatic carbocycles. The third-order valence-electron chi connectivity index (χ3n) is 4.38. The molecule has 6 heteroatoms. The lowest BCUT2D eigenvalue weighted by molar-refractivity contribution is -0.150. The van der Waals surface area contributed by atoms with Crippen LogP contribution in [0.25, 0.3) is 0 Å². The van der Waals surface area contributed by atoms with E-state index in [0.29, 0.717) is 6.61 Å². The number of carbonyl (C=O) groups is 1. The van der Waals surface area contributed by atoms with E-state index in [1.54, 1.807) is 6.92 Å². The Labute approximate surface area is 119 Å². The van der Waals surface area contributed by atoms with Crippen molar-refractivity contribution >= 4 is 5.91 Å². The summed E-state index contributed by atoms with van der Waals surface area (Å²) in [5, 5.41) is 0. The average molecular weight is 278 g/mol. The highest BCUT2D eigenvalue weighted by atomic mass is 16.5. The summed E-state index contributed by atoms with van der Waals surface area (Å²) in [6.07, 6.45) is 4.93. The van der Waals surface area contributed by atoms with Gasteiger partial charge in [0.15, 0.2) is 0 Å². The number of imidazole rings is 1. The maximum atomic E-state index is 11.8. The number of amides is 1. The van der Waals surface area contributed by atoms with Gasteiger partial charge in [0.2, 0.25) is 5.91 Å². The van der Waals surface area contributed by atoms with E-state index < -0.39 is 0 Å². The molecule has 2 atom stereocenters. The minimum absolute atomic E-state index is 0.158. The Kier molecular flexibility index (Phi) is 3.76. The van der Waals surface area contributed by atoms with Crippen molar-refractivity contribution in [1.82, 2.24) is 19.4 Å². The van der Waals surface area contributed by atoms with E-state index in [1.165, 1.54) is 5.69 Å². The standard InChI is InChI=1S/C14H22N4O2/c1-11(19)18-5-6-20-14-3-4-17(9-13(14)18)8-12-7-15-10-16(12)2/h7,10,13-14H,3-6,8-9H2,1-2H3/t13-,14+/m1/s1. The van der Waals surface area contributed by atoms with Gasteiger partial charge in [-0.25, -0.2) is 4.98 Å². The summed E-state index contributed by atoms with van der Waals surface area (Å²) in [7, 11) is 2.01. The van der Waals surface area contributed by atoms with E-state index in [4.69, 9.17) is 4.74 Å². The smallest absolute Gasteiger partial charge is 0.219 e. The molecule has 6 nitrogen and oxygen atoms in total. The molecule has 0 unspecified atom stereocenters. The molecule has 1 amide bonds. The largest absolute Gasteiger partial charge is 0.374 e. The van der Waals surface area contributed by atoms with E-state index in [9.17, 15) is 4.79 Å². The molecule has 3 heterocycles. The Morgan fingerprint density at radius 2 is 2.35 bits per heavy atom. The van der Waals surface area contributed by atoms with Crippen LogP contribution in [0, 0.1) is 0 Å². The minimum atomic E-state index is 0.158. The van der Waals surface area contributed by atoms with Crippen molar-refractivity contribution in [2.24, 2.45) is 7.05 Å². The van der Waals surface area contributed by atoms with Crippen LogP contribution in [0.15, 0.2) is 12.5 Å². The van der Waals surface area contributed by atoms with E-state index in [1.807, 2.05) is 29.0 Å². The van der Waals surface area contributed by atoms with Crippen LogP contribution < -0.4 is 0 Å². The van der Waals surface area contributed by atoms with Crippen molar-refractivity contribution < 1.29 is 9.53 Å². The number of morpholine rings is 1. The summed E-state index contributed by atoms with van der Waals surface area (Å²) >= 11 is 0. The quantitative estimate of drug-likeness (QED) is 0.778. The van der Waals surface area contributed by atoms with Gasteiger partial charge in [-0.15, -0.1) is 0 Å². The van der Waals surface area contributed by atoms with Crippen LogP contribution >= 0.6 is 0 Å². The molecule has 110 valence electrons. The van der Waals surface area contributed by atoms with Crippen LogP contribution in [-0.2, 0) is 23.1 Å². The second-order valence-corrected chi connectivity index (χ2v) is 5.71. The van der Waals surface area contributed by atoms with Crippen molar-refractivity contribution in [2.75, 3.05) is 26.2 Å². The molecule has 3 rings (SSSR count). The lowest BCUT2D eigenvalue weighted by atomic mass is 9.98. The van der Waals surface area contributed by atoms with Crippen molar-refractivity contribution in [3.63, 3.8) is 0 Å². The predicted molar refractivity (Wildman–Crippen MR) is 74.0 cm³/mol. The number of likely N-dealkylation sites (tertiary alicyclic amines) is 1. The maximum Gasteiger partial charge on any atom is 0.219 e. The second-order valence-electron chi connectivity index (χ2n) is 5.71. The fourth-order valence-electron chi connectivity index (χ4n) is 3.24. The number of hydrogen-bond acceptors (Lipinski definition) is 4. The number of carbonyl (C=O) groups excluding carboxylic acids is 1. The van der Waals surface area contributed by atoms with Gasteiger partial charge in [-0.3, -0.25) is 9.69 Å². The average Bonchev–Trinajstić information content (AvgIpc) is 2.83. The number of rotatable bonds is 2. The second kappa shape index (κ2) is 5.54. The van der Waals surface area contributed by atoms with Gasteiger partial charge in [0, 0.05) is 46.3 Å². The zero-order valence-corrected chi connectivity index (χ0v) is 12.2. The zero-order chi connectivity index (χ0) is 14.1. The summed E-state index contributed by atoms with van der Waals surface area (Å²) in [5.41, 5.74) is 1.20. The minimum Gasteiger partial charge on any atom is -0.374 e. The molecule has 2 fully saturated rings. The van der Waals surface area contributed by atoms with Gasteiger partial charge in [-0.05, 0) is 6.42 Å². The molecular weight excluding hydrogens is 256 g/mol. The van der Waals surface area contributed by atoms with Crippen LogP contribution in [-0.4, -0.2) is 63.6 Å². The van der Waals surface area contributed by atoms with Crippen molar-refractivity contribution in [3.05, 3.63) is 18.2 Å². The molecule has 0 aromatic carbocycles. The first kappa shape index (κ1) is 13.6. The lowest BCUT2D eigenvalue weighted by Crippen LogP contribution is -2.60. The summed E-state index contributed by atoms with van der Waals surface area (Å²) < 4.78 is 7.88. The van der Waals surface area contributed by atoms with Crippen LogP contribution in [0.5, 0.6) is 0 Å². The van der Waals surface area contributed by atoms with E-state index >= 15 is 0 Å². The highest BCUT2D eigenvalue weighted by Gasteiger charge is 2.38. The Morgan fingerprint density at radius 3 is 3.05 bits per heavy atom. The van der Waals surface area contributed by atoms with Gasteiger partial charge in [-0.2, -0.15) is 0 Å². The molecule has 0 bridgehead atoms. The number of fused-ring (bicyclic) bond motifs is 1. The van der Waals surface area contributed by atoms with E-state index in [2.05, 4.69) is 9.88 Å². The van der Waals surface area contributed by atoms with Gasteiger partial charge < -0.3 is 14.2 Å². The van der Waals surface area contributed by atoms with E-state index in [-0.39, 0.29) is 18.1 Å². The zero-order valence-electron chi connectivity index (χ0n) is 12.2. The number of aromatic nitrogens is 2. The Balaban J connectivity index is 1.68. The van der Waals surface area contributed by atoms with Crippen LogP contribution in [0.2, 0.25) is 0 Å². The van der Waals surface area contributed by atoms with Crippen LogP contribution in [0.4, 0.5) is 0 Å². The lowest BCUT2D eigenvalue weighted by Gasteiger charge is -2.46. The van der Waals surface area contributed by atoms with Gasteiger partial charge >= 0.3 is 0 Å². The molecule has 1 aromatic rings. The summed E-state index contributed by atoms with van der Waals surface area (Å²) in [6.45, 7) is 5.82. The fraction of sp³-hybridized carbons (Fsp3) is 0.714. The Bertz CT molecular complexity index is 487. The third-order valence-corrected chi connectivity index (χ3v) is 4.38. The van der Waals surface area contributed by atoms with Gasteiger partial charge in [0.05, 0.1) is 30.8 Å². The SMILES string of the molecule is CC(=O)N1CCO[C@H]2CCN(Cc3cncn3C)C[C@H]21. The third kappa shape index (κ3) is 2.58. The summed E-state index contributed by atoms with van der Waals surface area (Å²) in [6, 6.07) is 0.197. The number of nitrogens with zero attached hydrogens (tertiary/aromatic N) is 4. The maximum absolute atomic E-state index is 11.8. The Morgan fingerprint density at radius 1 is 1.50 bits per heavy atom. The first-order valence-electron chi connectivity index (χ1n) is 7.21. The molecule has 2 aliphatic rings. The number of ether oxygens (including phenoxy) is 1. The topological polar surface area (TPSA) is 50.6 Å². The normalized spacial score (nSPS) is 27.4. The first-order chi connectivity index (χ1) is 9.65. The van der Waals surface area contributed by atoms with Crippen molar-refractivity contribution in [2.45, 2.75) is 32.0 Å². The summed E-state index contributed by atoms with van der Waals surface area (Å²) in [4.78, 5) is 20.3. The van der Waals surface area contributed by atoms with Crippen molar-refractivity contribution in [3.8, 4) is 0 Å². The molecular formula is C14H22N4O2. The molecule has 0 spiro atoms. The van der Waals surface area contributed by atoms with Gasteiger partial charge in [-0.1, -0.05) is 0 Å².